The SMILES string of the molecule is COc1cc(/C=N\NC(=S)NC2CCCCC2)ccc1OC(=O)c1cccnc1. The lowest BCUT2D eigenvalue weighted by Gasteiger charge is -2.23. The molecule has 0 radical (unpaired) electrons. The highest BCUT2D eigenvalue weighted by molar-refractivity contribution is 7.80. The zero-order valence-corrected chi connectivity index (χ0v) is 17.1. The van der Waals surface area contributed by atoms with Crippen LogP contribution < -0.4 is 20.2 Å². The molecular weight excluding hydrogens is 388 g/mol. The van der Waals surface area contributed by atoms with Gasteiger partial charge in [0, 0.05) is 18.4 Å². The average Bonchev–Trinajstić information content (AvgIpc) is 2.76. The number of aromatic nitrogens is 1. The molecule has 0 atom stereocenters. The number of hydrazone groups is 1. The number of hydrogen-bond donors (Lipinski definition) is 2. The van der Waals surface area contributed by atoms with Gasteiger partial charge in [0.1, 0.15) is 0 Å². The maximum absolute atomic E-state index is 12.2. The van der Waals surface area contributed by atoms with Gasteiger partial charge in [0.15, 0.2) is 16.6 Å². The molecule has 0 spiro atoms. The van der Waals surface area contributed by atoms with Crippen molar-refractivity contribution in [3.8, 4) is 11.5 Å². The number of carbonyl (C=O) groups excluding carboxylic acids is 1. The first-order chi connectivity index (χ1) is 14.2. The molecule has 29 heavy (non-hydrogen) atoms. The van der Waals surface area contributed by atoms with Crippen molar-refractivity contribution in [2.24, 2.45) is 5.10 Å². The molecule has 1 saturated carbocycles. The lowest BCUT2D eigenvalue weighted by atomic mass is 9.96. The summed E-state index contributed by atoms with van der Waals surface area (Å²) in [6, 6.07) is 8.90. The minimum Gasteiger partial charge on any atom is -0.493 e. The molecule has 7 nitrogen and oxygen atoms in total. The van der Waals surface area contributed by atoms with E-state index in [4.69, 9.17) is 21.7 Å². The van der Waals surface area contributed by atoms with Crippen molar-refractivity contribution in [2.75, 3.05) is 7.11 Å². The third-order valence-electron chi connectivity index (χ3n) is 4.61. The molecule has 2 aromatic rings. The standard InChI is InChI=1S/C21H24N4O3S/c1-27-19-12-15(13-23-25-21(29)24-17-7-3-2-4-8-17)9-10-18(19)28-20(26)16-6-5-11-22-14-16/h5-6,9-14,17H,2-4,7-8H2,1H3,(H2,24,25,29)/b23-13-. The van der Waals surface area contributed by atoms with Crippen molar-refractivity contribution in [3.63, 3.8) is 0 Å². The van der Waals surface area contributed by atoms with Gasteiger partial charge in [-0.1, -0.05) is 19.3 Å². The third-order valence-corrected chi connectivity index (χ3v) is 4.82. The maximum Gasteiger partial charge on any atom is 0.345 e. The number of nitrogens with one attached hydrogen (secondary N) is 2. The van der Waals surface area contributed by atoms with E-state index in [1.165, 1.54) is 32.6 Å². The number of carbonyl (C=O) groups is 1. The number of methoxy groups -OCH3 is 1. The summed E-state index contributed by atoms with van der Waals surface area (Å²) in [5.74, 6) is 0.244. The summed E-state index contributed by atoms with van der Waals surface area (Å²) in [6.45, 7) is 0. The van der Waals surface area contributed by atoms with Gasteiger partial charge < -0.3 is 14.8 Å². The van der Waals surface area contributed by atoms with Crippen LogP contribution in [0.15, 0.2) is 47.8 Å². The van der Waals surface area contributed by atoms with Gasteiger partial charge >= 0.3 is 5.97 Å². The van der Waals surface area contributed by atoms with E-state index in [1.807, 2.05) is 0 Å². The highest BCUT2D eigenvalue weighted by Crippen LogP contribution is 2.28. The second kappa shape index (κ2) is 10.5. The second-order valence-corrected chi connectivity index (χ2v) is 7.13. The lowest BCUT2D eigenvalue weighted by Crippen LogP contribution is -2.40. The predicted molar refractivity (Wildman–Crippen MR) is 116 cm³/mol. The summed E-state index contributed by atoms with van der Waals surface area (Å²) < 4.78 is 10.7. The van der Waals surface area contributed by atoms with E-state index in [0.29, 0.717) is 28.2 Å². The van der Waals surface area contributed by atoms with Crippen molar-refractivity contribution >= 4 is 29.5 Å². The molecule has 1 aliphatic rings. The summed E-state index contributed by atoms with van der Waals surface area (Å²) in [6.07, 6.45) is 10.7. The van der Waals surface area contributed by atoms with E-state index >= 15 is 0 Å². The molecule has 0 bridgehead atoms. The molecule has 1 fully saturated rings. The van der Waals surface area contributed by atoms with Crippen molar-refractivity contribution in [1.82, 2.24) is 15.7 Å². The first kappa shape index (κ1) is 20.7. The van der Waals surface area contributed by atoms with Gasteiger partial charge in [-0.25, -0.2) is 4.79 Å². The van der Waals surface area contributed by atoms with Crippen LogP contribution in [-0.2, 0) is 0 Å². The fourth-order valence-corrected chi connectivity index (χ4v) is 3.34. The Hall–Kier alpha value is -3.00. The first-order valence-corrected chi connectivity index (χ1v) is 9.96. The van der Waals surface area contributed by atoms with Gasteiger partial charge in [-0.2, -0.15) is 5.10 Å². The number of nitrogens with zero attached hydrogens (tertiary/aromatic N) is 2. The lowest BCUT2D eigenvalue weighted by molar-refractivity contribution is 0.0729. The Morgan fingerprint density at radius 1 is 1.24 bits per heavy atom. The van der Waals surface area contributed by atoms with Crippen LogP contribution in [0.4, 0.5) is 0 Å². The van der Waals surface area contributed by atoms with Crippen LogP contribution in [0.5, 0.6) is 11.5 Å². The molecule has 0 unspecified atom stereocenters. The van der Waals surface area contributed by atoms with E-state index in [1.54, 1.807) is 42.7 Å². The van der Waals surface area contributed by atoms with Gasteiger partial charge in [0.2, 0.25) is 0 Å². The Balaban J connectivity index is 1.57. The Labute approximate surface area is 175 Å². The second-order valence-electron chi connectivity index (χ2n) is 6.72. The maximum atomic E-state index is 12.2. The van der Waals surface area contributed by atoms with E-state index in [0.717, 1.165) is 18.4 Å². The number of benzene rings is 1. The summed E-state index contributed by atoms with van der Waals surface area (Å²) in [7, 11) is 1.51. The molecule has 0 saturated heterocycles. The number of thiocarbonyl (C=S) groups is 1. The van der Waals surface area contributed by atoms with E-state index in [9.17, 15) is 4.79 Å². The Morgan fingerprint density at radius 2 is 2.07 bits per heavy atom. The van der Waals surface area contributed by atoms with E-state index < -0.39 is 5.97 Å². The van der Waals surface area contributed by atoms with Gasteiger partial charge in [0.25, 0.3) is 0 Å². The third kappa shape index (κ3) is 6.25. The molecular formula is C21H24N4O3S. The van der Waals surface area contributed by atoms with Gasteiger partial charge in [-0.3, -0.25) is 10.4 Å². The highest BCUT2D eigenvalue weighted by atomic mass is 32.1. The van der Waals surface area contributed by atoms with Crippen molar-refractivity contribution < 1.29 is 14.3 Å². The number of hydrogen-bond acceptors (Lipinski definition) is 6. The molecule has 1 aromatic heterocycles. The molecule has 2 N–H and O–H groups in total. The van der Waals surface area contributed by atoms with Crippen LogP contribution >= 0.6 is 12.2 Å². The van der Waals surface area contributed by atoms with Crippen LogP contribution in [0, 0.1) is 0 Å². The topological polar surface area (TPSA) is 84.8 Å². The zero-order chi connectivity index (χ0) is 20.5. The number of pyridine rings is 1. The van der Waals surface area contributed by atoms with Crippen LogP contribution in [0.25, 0.3) is 0 Å². The van der Waals surface area contributed by atoms with E-state index in [2.05, 4.69) is 20.8 Å². The molecule has 152 valence electrons. The summed E-state index contributed by atoms with van der Waals surface area (Å²) in [5.41, 5.74) is 3.98. The van der Waals surface area contributed by atoms with Gasteiger partial charge in [0.05, 0.1) is 18.9 Å². The Bertz CT molecular complexity index is 867. The minimum absolute atomic E-state index is 0.320. The predicted octanol–water partition coefficient (Wildman–Crippen LogP) is 3.44. The van der Waals surface area contributed by atoms with E-state index in [-0.39, 0.29) is 0 Å². The summed E-state index contributed by atoms with van der Waals surface area (Å²) >= 11 is 5.29. The highest BCUT2D eigenvalue weighted by Gasteiger charge is 2.14. The largest absolute Gasteiger partial charge is 0.493 e. The number of ether oxygens (including phenoxy) is 2. The molecule has 1 aromatic carbocycles. The first-order valence-electron chi connectivity index (χ1n) is 9.55. The van der Waals surface area contributed by atoms with Crippen LogP contribution in [0.1, 0.15) is 48.0 Å². The smallest absolute Gasteiger partial charge is 0.345 e. The average molecular weight is 413 g/mol. The molecule has 8 heteroatoms. The monoisotopic (exact) mass is 412 g/mol. The number of esters is 1. The zero-order valence-electron chi connectivity index (χ0n) is 16.3. The molecule has 0 aliphatic heterocycles. The Kier molecular flexibility index (Phi) is 7.52. The van der Waals surface area contributed by atoms with Gasteiger partial charge in [-0.05, 0) is 61.0 Å². The van der Waals surface area contributed by atoms with Crippen LogP contribution in [0.2, 0.25) is 0 Å². The minimum atomic E-state index is -0.501. The summed E-state index contributed by atoms with van der Waals surface area (Å²) in [5, 5.41) is 7.98. The van der Waals surface area contributed by atoms with Crippen molar-refractivity contribution in [1.29, 1.82) is 0 Å². The van der Waals surface area contributed by atoms with Crippen molar-refractivity contribution in [2.45, 2.75) is 38.1 Å². The molecule has 1 heterocycles. The summed E-state index contributed by atoms with van der Waals surface area (Å²) in [4.78, 5) is 16.1. The molecule has 0 amide bonds. The quantitative estimate of drug-likeness (QED) is 0.247. The normalized spacial score (nSPS) is 14.4. The fraction of sp³-hybridized carbons (Fsp3) is 0.333. The van der Waals surface area contributed by atoms with Gasteiger partial charge in [-0.15, -0.1) is 0 Å². The molecule has 1 aliphatic carbocycles. The van der Waals surface area contributed by atoms with Crippen LogP contribution in [-0.4, -0.2) is 35.4 Å². The van der Waals surface area contributed by atoms with Crippen LogP contribution in [0.3, 0.4) is 0 Å². The molecule has 3 rings (SSSR count). The Morgan fingerprint density at radius 3 is 2.79 bits per heavy atom. The van der Waals surface area contributed by atoms with Crippen molar-refractivity contribution in [3.05, 3.63) is 53.9 Å². The number of rotatable bonds is 6. The fourth-order valence-electron chi connectivity index (χ4n) is 3.12.